The Balaban J connectivity index is 2.02. The number of aromatic hydroxyl groups is 2. The second kappa shape index (κ2) is 6.18. The first-order chi connectivity index (χ1) is 9.38. The van der Waals surface area contributed by atoms with E-state index in [9.17, 15) is 20.4 Å². The van der Waals surface area contributed by atoms with Gasteiger partial charge in [-0.05, 0) is 18.4 Å². The molecule has 20 heavy (non-hydrogen) atoms. The van der Waals surface area contributed by atoms with Gasteiger partial charge in [0.05, 0.1) is 29.9 Å². The first-order valence-electron chi connectivity index (χ1n) is 6.56. The molecule has 0 amide bonds. The summed E-state index contributed by atoms with van der Waals surface area (Å²) >= 11 is 5.76. The van der Waals surface area contributed by atoms with E-state index in [-0.39, 0.29) is 35.5 Å². The van der Waals surface area contributed by atoms with E-state index in [1.165, 1.54) is 12.1 Å². The summed E-state index contributed by atoms with van der Waals surface area (Å²) in [5.74, 6) is -0.146. The minimum atomic E-state index is -0.740. The van der Waals surface area contributed by atoms with Crippen molar-refractivity contribution in [1.29, 1.82) is 0 Å². The lowest BCUT2D eigenvalue weighted by Gasteiger charge is -2.35. The number of phenols is 2. The fourth-order valence-corrected chi connectivity index (χ4v) is 2.67. The van der Waals surface area contributed by atoms with E-state index in [1.54, 1.807) is 0 Å². The molecule has 0 bridgehead atoms. The van der Waals surface area contributed by atoms with E-state index in [2.05, 4.69) is 0 Å². The summed E-state index contributed by atoms with van der Waals surface area (Å²) in [7, 11) is 0. The lowest BCUT2D eigenvalue weighted by atomic mass is 9.84. The molecule has 0 saturated heterocycles. The van der Waals surface area contributed by atoms with Crippen LogP contribution in [0.25, 0.3) is 0 Å². The van der Waals surface area contributed by atoms with E-state index >= 15 is 0 Å². The molecule has 0 unspecified atom stereocenters. The summed E-state index contributed by atoms with van der Waals surface area (Å²) in [6, 6.07) is 2.61. The third-order valence-electron chi connectivity index (χ3n) is 3.75. The third kappa shape index (κ3) is 3.35. The Labute approximate surface area is 122 Å². The number of benzene rings is 1. The minimum absolute atomic E-state index is 0.0322. The van der Waals surface area contributed by atoms with Gasteiger partial charge in [-0.1, -0.05) is 18.5 Å². The molecule has 2 rings (SSSR count). The van der Waals surface area contributed by atoms with Crippen LogP contribution >= 0.6 is 11.6 Å². The molecule has 0 spiro atoms. The Bertz CT molecular complexity index is 479. The van der Waals surface area contributed by atoms with Gasteiger partial charge in [-0.15, -0.1) is 0 Å². The molecule has 5 nitrogen and oxygen atoms in total. The van der Waals surface area contributed by atoms with E-state index in [4.69, 9.17) is 16.3 Å². The van der Waals surface area contributed by atoms with Crippen molar-refractivity contribution in [3.8, 4) is 11.5 Å². The van der Waals surface area contributed by atoms with Gasteiger partial charge < -0.3 is 25.2 Å². The van der Waals surface area contributed by atoms with Gasteiger partial charge in [0.15, 0.2) is 0 Å². The van der Waals surface area contributed by atoms with Crippen LogP contribution in [-0.2, 0) is 11.3 Å². The highest BCUT2D eigenvalue weighted by Crippen LogP contribution is 2.33. The van der Waals surface area contributed by atoms with Crippen LogP contribution in [-0.4, -0.2) is 38.7 Å². The van der Waals surface area contributed by atoms with Gasteiger partial charge in [0.25, 0.3) is 0 Å². The molecule has 1 aromatic carbocycles. The predicted octanol–water partition coefficient (Wildman–Crippen LogP) is 1.79. The molecule has 4 N–H and O–H groups in total. The topological polar surface area (TPSA) is 90.2 Å². The smallest absolute Gasteiger partial charge is 0.139 e. The van der Waals surface area contributed by atoms with Crippen molar-refractivity contribution in [2.24, 2.45) is 5.92 Å². The molecular formula is C14H19ClO5. The van der Waals surface area contributed by atoms with E-state index < -0.39 is 18.3 Å². The highest BCUT2D eigenvalue weighted by molar-refractivity contribution is 6.32. The van der Waals surface area contributed by atoms with Crippen LogP contribution in [0.3, 0.4) is 0 Å². The Morgan fingerprint density at radius 1 is 1.20 bits per heavy atom. The lowest BCUT2D eigenvalue weighted by molar-refractivity contribution is -0.109. The summed E-state index contributed by atoms with van der Waals surface area (Å²) in [5, 5.41) is 38.8. The van der Waals surface area contributed by atoms with Gasteiger partial charge in [-0.2, -0.15) is 0 Å². The monoisotopic (exact) mass is 302 g/mol. The van der Waals surface area contributed by atoms with Gasteiger partial charge in [0.2, 0.25) is 0 Å². The molecule has 4 atom stereocenters. The zero-order valence-corrected chi connectivity index (χ0v) is 11.9. The molecule has 0 aliphatic heterocycles. The fraction of sp³-hybridized carbons (Fsp3) is 0.571. The Hall–Kier alpha value is -1.01. The van der Waals surface area contributed by atoms with Crippen molar-refractivity contribution in [3.05, 3.63) is 22.7 Å². The Morgan fingerprint density at radius 3 is 2.60 bits per heavy atom. The maximum absolute atomic E-state index is 9.89. The number of rotatable bonds is 3. The summed E-state index contributed by atoms with van der Waals surface area (Å²) in [5.41, 5.74) is 0.362. The minimum Gasteiger partial charge on any atom is -0.508 e. The van der Waals surface area contributed by atoms with Gasteiger partial charge in [0, 0.05) is 18.1 Å². The van der Waals surface area contributed by atoms with E-state index in [0.29, 0.717) is 12.0 Å². The first-order valence-corrected chi connectivity index (χ1v) is 6.94. The summed E-state index contributed by atoms with van der Waals surface area (Å²) in [4.78, 5) is 0. The van der Waals surface area contributed by atoms with E-state index in [0.717, 1.165) is 0 Å². The van der Waals surface area contributed by atoms with Crippen LogP contribution < -0.4 is 0 Å². The largest absolute Gasteiger partial charge is 0.508 e. The van der Waals surface area contributed by atoms with Crippen molar-refractivity contribution < 1.29 is 25.2 Å². The van der Waals surface area contributed by atoms with Crippen molar-refractivity contribution in [2.75, 3.05) is 0 Å². The number of halogens is 1. The molecule has 112 valence electrons. The molecule has 0 heterocycles. The van der Waals surface area contributed by atoms with Gasteiger partial charge in [-0.25, -0.2) is 0 Å². The van der Waals surface area contributed by atoms with Crippen LogP contribution in [0.15, 0.2) is 12.1 Å². The van der Waals surface area contributed by atoms with Crippen molar-refractivity contribution >= 4 is 11.6 Å². The highest BCUT2D eigenvalue weighted by Gasteiger charge is 2.33. The summed E-state index contributed by atoms with van der Waals surface area (Å²) in [6.45, 7) is 1.93. The van der Waals surface area contributed by atoms with Crippen LogP contribution in [0.2, 0.25) is 5.02 Å². The molecule has 0 radical (unpaired) electrons. The summed E-state index contributed by atoms with van der Waals surface area (Å²) < 4.78 is 5.60. The molecule has 1 aromatic rings. The highest BCUT2D eigenvalue weighted by atomic mass is 35.5. The average Bonchev–Trinajstić information content (AvgIpc) is 2.37. The van der Waals surface area contributed by atoms with Gasteiger partial charge in [-0.3, -0.25) is 0 Å². The first kappa shape index (κ1) is 15.4. The quantitative estimate of drug-likeness (QED) is 0.639. The second-order valence-electron chi connectivity index (χ2n) is 5.37. The van der Waals surface area contributed by atoms with Crippen LogP contribution in [0.5, 0.6) is 11.5 Å². The van der Waals surface area contributed by atoms with Crippen LogP contribution in [0, 0.1) is 5.92 Å². The van der Waals surface area contributed by atoms with Crippen molar-refractivity contribution in [1.82, 2.24) is 0 Å². The summed E-state index contributed by atoms with van der Waals surface area (Å²) in [6.07, 6.45) is -0.854. The molecule has 0 aromatic heterocycles. The number of phenolic OH excluding ortho intramolecular Hbond substituents is 2. The Morgan fingerprint density at radius 2 is 1.90 bits per heavy atom. The van der Waals surface area contributed by atoms with E-state index in [1.807, 2.05) is 6.92 Å². The lowest BCUT2D eigenvalue weighted by Crippen LogP contribution is -2.42. The molecule has 1 aliphatic rings. The predicted molar refractivity (Wildman–Crippen MR) is 73.8 cm³/mol. The number of aliphatic hydroxyl groups is 2. The second-order valence-corrected chi connectivity index (χ2v) is 5.78. The van der Waals surface area contributed by atoms with Gasteiger partial charge in [0.1, 0.15) is 11.5 Å². The van der Waals surface area contributed by atoms with Crippen molar-refractivity contribution in [3.63, 3.8) is 0 Å². The Kier molecular flexibility index (Phi) is 4.75. The molecule has 1 aliphatic carbocycles. The molecule has 1 saturated carbocycles. The van der Waals surface area contributed by atoms with Gasteiger partial charge >= 0.3 is 0 Å². The molecule has 1 fully saturated rings. The normalized spacial score (nSPS) is 30.4. The number of hydrogen-bond donors (Lipinski definition) is 4. The maximum atomic E-state index is 9.89. The number of hydrogen-bond acceptors (Lipinski definition) is 5. The third-order valence-corrected chi connectivity index (χ3v) is 4.04. The number of aliphatic hydroxyl groups excluding tert-OH is 2. The SMILES string of the molecule is C[C@H]1C[C@H](OCc2cc(O)cc(Cl)c2O)[C@@H](O)C[C@H]1O. The fourth-order valence-electron chi connectivity index (χ4n) is 2.44. The zero-order valence-electron chi connectivity index (χ0n) is 11.2. The maximum Gasteiger partial charge on any atom is 0.139 e. The van der Waals surface area contributed by atoms with Crippen LogP contribution in [0.4, 0.5) is 0 Å². The zero-order chi connectivity index (χ0) is 14.9. The molecule has 6 heteroatoms. The van der Waals surface area contributed by atoms with Crippen molar-refractivity contribution in [2.45, 2.75) is 44.7 Å². The number of ether oxygens (including phenoxy) is 1. The average molecular weight is 303 g/mol. The van der Waals surface area contributed by atoms with Crippen LogP contribution in [0.1, 0.15) is 25.3 Å². The standard InChI is InChI=1S/C14H19ClO5/c1-7-2-13(12(18)5-11(7)17)20-6-8-3-9(16)4-10(15)14(8)19/h3-4,7,11-13,16-19H,2,5-6H2,1H3/t7-,11+,12-,13-/m0/s1. The molecular weight excluding hydrogens is 284 g/mol.